The Bertz CT molecular complexity index is 372. The third kappa shape index (κ3) is 3.75. The van der Waals surface area contributed by atoms with E-state index < -0.39 is 0 Å². The summed E-state index contributed by atoms with van der Waals surface area (Å²) >= 11 is 0. The van der Waals surface area contributed by atoms with Crippen molar-refractivity contribution in [3.05, 3.63) is 29.8 Å². The Morgan fingerprint density at radius 1 is 1.29 bits per heavy atom. The van der Waals surface area contributed by atoms with Gasteiger partial charge in [0.05, 0.1) is 12.7 Å². The van der Waals surface area contributed by atoms with Crippen LogP contribution in [0.5, 0.6) is 0 Å². The molecule has 0 radical (unpaired) electrons. The van der Waals surface area contributed by atoms with Gasteiger partial charge < -0.3 is 15.4 Å². The third-order valence-electron chi connectivity index (χ3n) is 2.77. The molecular formula is C13H18N2O2. The first-order chi connectivity index (χ1) is 8.29. The van der Waals surface area contributed by atoms with E-state index in [9.17, 15) is 4.79 Å². The quantitative estimate of drug-likeness (QED) is 0.580. The number of anilines is 1. The predicted octanol–water partition coefficient (Wildman–Crippen LogP) is 1.64. The number of hydrogen-bond donors (Lipinski definition) is 2. The van der Waals surface area contributed by atoms with E-state index in [4.69, 9.17) is 0 Å². The number of nitrogens with one attached hydrogen (secondary N) is 2. The van der Waals surface area contributed by atoms with Crippen molar-refractivity contribution in [2.45, 2.75) is 18.9 Å². The van der Waals surface area contributed by atoms with Crippen LogP contribution < -0.4 is 10.6 Å². The Morgan fingerprint density at radius 3 is 2.59 bits per heavy atom. The summed E-state index contributed by atoms with van der Waals surface area (Å²) in [5, 5.41) is 6.73. The molecule has 4 nitrogen and oxygen atoms in total. The molecule has 92 valence electrons. The van der Waals surface area contributed by atoms with E-state index in [1.807, 2.05) is 12.1 Å². The Labute approximate surface area is 101 Å². The summed E-state index contributed by atoms with van der Waals surface area (Å²) in [6.45, 7) is 1.87. The normalized spacial score (nSPS) is 14.4. The van der Waals surface area contributed by atoms with Gasteiger partial charge >= 0.3 is 5.97 Å². The van der Waals surface area contributed by atoms with Crippen molar-refractivity contribution < 1.29 is 9.53 Å². The van der Waals surface area contributed by atoms with Crippen LogP contribution in [0.4, 0.5) is 5.69 Å². The molecule has 0 bridgehead atoms. The summed E-state index contributed by atoms with van der Waals surface area (Å²) < 4.78 is 4.64. The van der Waals surface area contributed by atoms with Gasteiger partial charge in [-0.1, -0.05) is 0 Å². The van der Waals surface area contributed by atoms with Gasteiger partial charge in [-0.15, -0.1) is 0 Å². The Balaban J connectivity index is 1.74. The van der Waals surface area contributed by atoms with Gasteiger partial charge in [-0.25, -0.2) is 4.79 Å². The van der Waals surface area contributed by atoms with Crippen LogP contribution in [0.2, 0.25) is 0 Å². The average Bonchev–Trinajstić information content (AvgIpc) is 3.18. The first-order valence-corrected chi connectivity index (χ1v) is 5.95. The van der Waals surface area contributed by atoms with Gasteiger partial charge in [-0.05, 0) is 37.1 Å². The van der Waals surface area contributed by atoms with Crippen LogP contribution in [-0.2, 0) is 4.74 Å². The lowest BCUT2D eigenvalue weighted by molar-refractivity contribution is 0.0601. The maximum atomic E-state index is 11.2. The van der Waals surface area contributed by atoms with Crippen LogP contribution >= 0.6 is 0 Å². The molecule has 0 aliphatic heterocycles. The first-order valence-electron chi connectivity index (χ1n) is 5.95. The molecule has 0 aromatic heterocycles. The fourth-order valence-electron chi connectivity index (χ4n) is 1.61. The van der Waals surface area contributed by atoms with E-state index in [0.717, 1.165) is 24.8 Å². The van der Waals surface area contributed by atoms with Gasteiger partial charge in [0.2, 0.25) is 0 Å². The summed E-state index contributed by atoms with van der Waals surface area (Å²) in [5.41, 5.74) is 1.60. The van der Waals surface area contributed by atoms with Crippen LogP contribution in [0.1, 0.15) is 23.2 Å². The molecule has 17 heavy (non-hydrogen) atoms. The van der Waals surface area contributed by atoms with E-state index in [2.05, 4.69) is 15.4 Å². The highest BCUT2D eigenvalue weighted by atomic mass is 16.5. The highest BCUT2D eigenvalue weighted by Gasteiger charge is 2.19. The van der Waals surface area contributed by atoms with Crippen LogP contribution in [0, 0.1) is 0 Å². The predicted molar refractivity (Wildman–Crippen MR) is 67.3 cm³/mol. The van der Waals surface area contributed by atoms with Gasteiger partial charge in [-0.3, -0.25) is 0 Å². The number of methoxy groups -OCH3 is 1. The first kappa shape index (κ1) is 11.9. The number of carbonyl (C=O) groups excluding carboxylic acids is 1. The molecule has 2 rings (SSSR count). The SMILES string of the molecule is COC(=O)c1ccc(NCCNC2CC2)cc1. The minimum Gasteiger partial charge on any atom is -0.465 e. The number of esters is 1. The monoisotopic (exact) mass is 234 g/mol. The molecular weight excluding hydrogens is 216 g/mol. The second kappa shape index (κ2) is 5.68. The zero-order valence-corrected chi connectivity index (χ0v) is 10.0. The Hall–Kier alpha value is -1.55. The smallest absolute Gasteiger partial charge is 0.337 e. The minimum atomic E-state index is -0.299. The molecule has 1 aromatic carbocycles. The van der Waals surface area contributed by atoms with Crippen LogP contribution in [-0.4, -0.2) is 32.2 Å². The summed E-state index contributed by atoms with van der Waals surface area (Å²) in [7, 11) is 1.39. The second-order valence-electron chi connectivity index (χ2n) is 4.22. The minimum absolute atomic E-state index is 0.299. The molecule has 4 heteroatoms. The molecule has 0 heterocycles. The maximum absolute atomic E-state index is 11.2. The van der Waals surface area contributed by atoms with E-state index in [1.165, 1.54) is 20.0 Å². The molecule has 1 aliphatic rings. The van der Waals surface area contributed by atoms with E-state index in [0.29, 0.717) is 5.56 Å². The Morgan fingerprint density at radius 2 is 2.00 bits per heavy atom. The number of benzene rings is 1. The lowest BCUT2D eigenvalue weighted by Gasteiger charge is -2.07. The molecule has 1 aromatic rings. The fourth-order valence-corrected chi connectivity index (χ4v) is 1.61. The fraction of sp³-hybridized carbons (Fsp3) is 0.462. The van der Waals surface area contributed by atoms with E-state index >= 15 is 0 Å². The molecule has 2 N–H and O–H groups in total. The van der Waals surface area contributed by atoms with Gasteiger partial charge in [0.25, 0.3) is 0 Å². The van der Waals surface area contributed by atoms with Crippen molar-refractivity contribution in [1.82, 2.24) is 5.32 Å². The van der Waals surface area contributed by atoms with Crippen molar-refractivity contribution in [3.63, 3.8) is 0 Å². The highest BCUT2D eigenvalue weighted by molar-refractivity contribution is 5.89. The van der Waals surface area contributed by atoms with E-state index in [-0.39, 0.29) is 5.97 Å². The van der Waals surface area contributed by atoms with Crippen molar-refractivity contribution >= 4 is 11.7 Å². The summed E-state index contributed by atoms with van der Waals surface area (Å²) in [4.78, 5) is 11.2. The van der Waals surface area contributed by atoms with Gasteiger partial charge in [0.15, 0.2) is 0 Å². The van der Waals surface area contributed by atoms with E-state index in [1.54, 1.807) is 12.1 Å². The Kier molecular flexibility index (Phi) is 3.98. The van der Waals surface area contributed by atoms with Crippen LogP contribution in [0.15, 0.2) is 24.3 Å². The van der Waals surface area contributed by atoms with Gasteiger partial charge in [-0.2, -0.15) is 0 Å². The zero-order chi connectivity index (χ0) is 12.1. The molecule has 0 amide bonds. The summed E-state index contributed by atoms with van der Waals surface area (Å²) in [5.74, 6) is -0.299. The highest BCUT2D eigenvalue weighted by Crippen LogP contribution is 2.18. The zero-order valence-electron chi connectivity index (χ0n) is 10.0. The molecule has 0 spiro atoms. The largest absolute Gasteiger partial charge is 0.465 e. The number of ether oxygens (including phenoxy) is 1. The number of carbonyl (C=O) groups is 1. The van der Waals surface area contributed by atoms with Crippen molar-refractivity contribution in [1.29, 1.82) is 0 Å². The topological polar surface area (TPSA) is 50.4 Å². The van der Waals surface area contributed by atoms with Crippen molar-refractivity contribution in [2.75, 3.05) is 25.5 Å². The molecule has 1 saturated carbocycles. The van der Waals surface area contributed by atoms with Crippen molar-refractivity contribution in [3.8, 4) is 0 Å². The standard InChI is InChI=1S/C13H18N2O2/c1-17-13(16)10-2-4-11(5-3-10)14-8-9-15-12-6-7-12/h2-5,12,14-15H,6-9H2,1H3. The lowest BCUT2D eigenvalue weighted by atomic mass is 10.2. The lowest BCUT2D eigenvalue weighted by Crippen LogP contribution is -2.23. The second-order valence-corrected chi connectivity index (χ2v) is 4.22. The molecule has 1 fully saturated rings. The maximum Gasteiger partial charge on any atom is 0.337 e. The van der Waals surface area contributed by atoms with Crippen molar-refractivity contribution in [2.24, 2.45) is 0 Å². The molecule has 0 saturated heterocycles. The molecule has 0 atom stereocenters. The summed E-state index contributed by atoms with van der Waals surface area (Å²) in [6.07, 6.45) is 2.63. The van der Waals surface area contributed by atoms with Crippen LogP contribution in [0.3, 0.4) is 0 Å². The third-order valence-corrected chi connectivity index (χ3v) is 2.77. The van der Waals surface area contributed by atoms with Crippen LogP contribution in [0.25, 0.3) is 0 Å². The molecule has 0 unspecified atom stereocenters. The summed E-state index contributed by atoms with van der Waals surface area (Å²) in [6, 6.07) is 8.07. The van der Waals surface area contributed by atoms with Gasteiger partial charge in [0.1, 0.15) is 0 Å². The number of rotatable bonds is 6. The molecule has 1 aliphatic carbocycles. The average molecular weight is 234 g/mol. The number of hydrogen-bond acceptors (Lipinski definition) is 4. The van der Waals surface area contributed by atoms with Gasteiger partial charge in [0, 0.05) is 24.8 Å².